The average Bonchev–Trinajstić information content (AvgIpc) is 2.45. The zero-order chi connectivity index (χ0) is 18.6. The lowest BCUT2D eigenvalue weighted by Gasteiger charge is -2.19. The highest BCUT2D eigenvalue weighted by Gasteiger charge is 2.22. The van der Waals surface area contributed by atoms with Gasteiger partial charge >= 0.3 is 5.97 Å². The summed E-state index contributed by atoms with van der Waals surface area (Å²) in [6.45, 7) is 5.50. The number of hydrogen-bond acceptors (Lipinski definition) is 7. The Morgan fingerprint density at radius 1 is 1.04 bits per heavy atom. The first kappa shape index (κ1) is 23.8. The lowest BCUT2D eigenvalue weighted by Crippen LogP contribution is -2.30. The van der Waals surface area contributed by atoms with Crippen LogP contribution in [0.25, 0.3) is 0 Å². The Balaban J connectivity index is 0. The third-order valence-electron chi connectivity index (χ3n) is 2.50. The molecule has 0 saturated heterocycles. The van der Waals surface area contributed by atoms with Crippen molar-refractivity contribution < 1.29 is 23.8 Å². The van der Waals surface area contributed by atoms with E-state index in [9.17, 15) is 9.59 Å². The third kappa shape index (κ3) is 10.8. The monoisotopic (exact) mass is 332 g/mol. The van der Waals surface area contributed by atoms with Crippen LogP contribution in [0.4, 0.5) is 0 Å². The summed E-state index contributed by atoms with van der Waals surface area (Å²) in [7, 11) is 10.5. The lowest BCUT2D eigenvalue weighted by atomic mass is 10.0. The average molecular weight is 332 g/mol. The zero-order valence-corrected chi connectivity index (χ0v) is 15.9. The van der Waals surface area contributed by atoms with Gasteiger partial charge in [0.2, 0.25) is 6.41 Å². The Kier molecular flexibility index (Phi) is 13.5. The van der Waals surface area contributed by atoms with E-state index in [-0.39, 0.29) is 30.3 Å². The molecular formula is C16H32N2O5. The second kappa shape index (κ2) is 13.0. The summed E-state index contributed by atoms with van der Waals surface area (Å²) in [5.74, 6) is -0.951. The maximum atomic E-state index is 11.7. The summed E-state index contributed by atoms with van der Waals surface area (Å²) in [4.78, 5) is 26.7. The van der Waals surface area contributed by atoms with E-state index in [4.69, 9.17) is 14.2 Å². The highest BCUT2D eigenvalue weighted by atomic mass is 16.7. The molecule has 0 atom stereocenters. The maximum absolute atomic E-state index is 11.7. The summed E-state index contributed by atoms with van der Waals surface area (Å²) in [5, 5.41) is 0. The molecule has 0 aromatic carbocycles. The van der Waals surface area contributed by atoms with E-state index in [0.29, 0.717) is 0 Å². The van der Waals surface area contributed by atoms with Crippen molar-refractivity contribution in [2.75, 3.05) is 49.0 Å². The van der Waals surface area contributed by atoms with Crippen LogP contribution in [0.5, 0.6) is 0 Å². The number of carbonyl (C=O) groups excluding carboxylic acids is 2. The van der Waals surface area contributed by atoms with Crippen molar-refractivity contribution in [3.8, 4) is 0 Å². The predicted molar refractivity (Wildman–Crippen MR) is 89.7 cm³/mol. The Bertz CT molecular complexity index is 375. The minimum Gasteiger partial charge on any atom is -0.462 e. The molecule has 0 radical (unpaired) electrons. The molecule has 23 heavy (non-hydrogen) atoms. The Labute approximate surface area is 140 Å². The topological polar surface area (TPSA) is 68.3 Å². The molecule has 0 N–H and O–H groups in total. The van der Waals surface area contributed by atoms with Gasteiger partial charge in [0.25, 0.3) is 0 Å². The van der Waals surface area contributed by atoms with Gasteiger partial charge in [0, 0.05) is 40.4 Å². The van der Waals surface area contributed by atoms with Gasteiger partial charge < -0.3 is 19.1 Å². The number of carbonyl (C=O) groups is 2. The van der Waals surface area contributed by atoms with Crippen LogP contribution in [0.1, 0.15) is 20.8 Å². The number of hydrogen-bond donors (Lipinski definition) is 0. The molecule has 0 aromatic rings. The van der Waals surface area contributed by atoms with Gasteiger partial charge in [0.1, 0.15) is 5.57 Å². The van der Waals surface area contributed by atoms with Gasteiger partial charge in [0.05, 0.1) is 6.61 Å². The normalized spacial score (nSPS) is 11.4. The molecule has 0 aromatic heterocycles. The molecule has 0 bridgehead atoms. The molecule has 0 unspecified atom stereocenters. The lowest BCUT2D eigenvalue weighted by molar-refractivity contribution is -0.179. The number of esters is 1. The van der Waals surface area contributed by atoms with Crippen LogP contribution in [0.15, 0.2) is 11.8 Å². The molecule has 0 saturated carbocycles. The summed E-state index contributed by atoms with van der Waals surface area (Å²) >= 11 is 0. The second-order valence-corrected chi connectivity index (χ2v) is 5.49. The summed E-state index contributed by atoms with van der Waals surface area (Å²) < 4.78 is 14.6. The largest absolute Gasteiger partial charge is 0.462 e. The van der Waals surface area contributed by atoms with Crippen molar-refractivity contribution in [3.63, 3.8) is 0 Å². The number of nitrogens with zero attached hydrogens (tertiary/aromatic N) is 2. The van der Waals surface area contributed by atoms with Crippen molar-refractivity contribution in [2.24, 2.45) is 5.92 Å². The summed E-state index contributed by atoms with van der Waals surface area (Å²) in [6.07, 6.45) is 1.29. The highest BCUT2D eigenvalue weighted by molar-refractivity contribution is 6.17. The van der Waals surface area contributed by atoms with E-state index >= 15 is 0 Å². The number of ether oxygens (including phenoxy) is 3. The molecule has 0 spiro atoms. The van der Waals surface area contributed by atoms with Crippen LogP contribution in [0, 0.1) is 5.92 Å². The quantitative estimate of drug-likeness (QED) is 0.218. The smallest absolute Gasteiger partial charge is 0.343 e. The van der Waals surface area contributed by atoms with Crippen molar-refractivity contribution in [1.29, 1.82) is 0 Å². The van der Waals surface area contributed by atoms with Gasteiger partial charge in [-0.05, 0) is 21.0 Å². The highest BCUT2D eigenvalue weighted by Crippen LogP contribution is 2.08. The number of ketones is 1. The fourth-order valence-corrected chi connectivity index (χ4v) is 1.51. The molecule has 7 nitrogen and oxygen atoms in total. The van der Waals surface area contributed by atoms with Crippen molar-refractivity contribution in [2.45, 2.75) is 27.2 Å². The molecule has 0 fully saturated rings. The van der Waals surface area contributed by atoms with Crippen molar-refractivity contribution in [3.05, 3.63) is 11.8 Å². The minimum absolute atomic E-state index is 0.108. The molecule has 136 valence electrons. The van der Waals surface area contributed by atoms with E-state index in [1.54, 1.807) is 54.0 Å². The molecule has 0 aliphatic heterocycles. The molecule has 0 aliphatic carbocycles. The van der Waals surface area contributed by atoms with Crippen LogP contribution < -0.4 is 0 Å². The van der Waals surface area contributed by atoms with Crippen LogP contribution in [-0.4, -0.2) is 77.0 Å². The Morgan fingerprint density at radius 3 is 1.74 bits per heavy atom. The van der Waals surface area contributed by atoms with E-state index < -0.39 is 5.97 Å². The van der Waals surface area contributed by atoms with E-state index in [0.717, 1.165) is 0 Å². The van der Waals surface area contributed by atoms with E-state index in [1.165, 1.54) is 6.20 Å². The van der Waals surface area contributed by atoms with Gasteiger partial charge in [-0.1, -0.05) is 13.8 Å². The molecule has 0 rings (SSSR count). The molecule has 0 aliphatic rings. The number of Topliss-reactive ketones (excluding diaryl/α,β-unsaturated/α-hetero) is 1. The van der Waals surface area contributed by atoms with Gasteiger partial charge in [-0.25, -0.2) is 4.79 Å². The van der Waals surface area contributed by atoms with Gasteiger partial charge in [-0.3, -0.25) is 9.69 Å². The maximum Gasteiger partial charge on any atom is 0.343 e. The van der Waals surface area contributed by atoms with Gasteiger partial charge in [0.15, 0.2) is 5.78 Å². The van der Waals surface area contributed by atoms with Crippen LogP contribution in [0.2, 0.25) is 0 Å². The van der Waals surface area contributed by atoms with Gasteiger partial charge in [-0.15, -0.1) is 0 Å². The van der Waals surface area contributed by atoms with E-state index in [2.05, 4.69) is 0 Å². The standard InChI is InChI=1S/C11H19NO3.C5H13NO2/c1-6-15-11(14)9(7-12(4)5)10(13)8(2)3;1-6(2)5(7-3)8-4/h7-8H,6H2,1-5H3;5H,1-4H3. The second-order valence-electron chi connectivity index (χ2n) is 5.49. The molecule has 7 heteroatoms. The summed E-state index contributed by atoms with van der Waals surface area (Å²) in [5.41, 5.74) is 0.108. The van der Waals surface area contributed by atoms with Crippen LogP contribution >= 0.6 is 0 Å². The van der Waals surface area contributed by atoms with Crippen LogP contribution in [-0.2, 0) is 23.8 Å². The Hall–Kier alpha value is -1.44. The van der Waals surface area contributed by atoms with Crippen LogP contribution in [0.3, 0.4) is 0 Å². The van der Waals surface area contributed by atoms with Crippen molar-refractivity contribution in [1.82, 2.24) is 9.80 Å². The summed E-state index contributed by atoms with van der Waals surface area (Å²) in [6, 6.07) is 0. The van der Waals surface area contributed by atoms with Gasteiger partial charge in [-0.2, -0.15) is 0 Å². The Morgan fingerprint density at radius 2 is 1.52 bits per heavy atom. The SMILES string of the molecule is CCOC(=O)C(=CN(C)C)C(=O)C(C)C.COC(OC)N(C)C. The number of methoxy groups -OCH3 is 2. The first-order valence-electron chi connectivity index (χ1n) is 7.43. The third-order valence-corrected chi connectivity index (χ3v) is 2.50. The first-order chi connectivity index (χ1) is 10.6. The fourth-order valence-electron chi connectivity index (χ4n) is 1.51. The number of rotatable bonds is 8. The first-order valence-corrected chi connectivity index (χ1v) is 7.43. The molecule has 0 amide bonds. The van der Waals surface area contributed by atoms with E-state index in [1.807, 2.05) is 19.0 Å². The molecule has 0 heterocycles. The minimum atomic E-state index is -0.551. The fraction of sp³-hybridized carbons (Fsp3) is 0.750. The predicted octanol–water partition coefficient (Wildman–Crippen LogP) is 1.34. The molecular weight excluding hydrogens is 300 g/mol. The van der Waals surface area contributed by atoms with Crippen molar-refractivity contribution >= 4 is 11.8 Å². The zero-order valence-electron chi connectivity index (χ0n) is 15.9.